The van der Waals surface area contributed by atoms with Crippen LogP contribution in [0, 0.1) is 0 Å². The SMILES string of the molecule is NC(=O)c1cccc(Oc2ccc(NCc3ccsc3)cn2)c1. The first kappa shape index (κ1) is 15.1. The molecule has 6 heteroatoms. The van der Waals surface area contributed by atoms with Crippen LogP contribution in [0.3, 0.4) is 0 Å². The van der Waals surface area contributed by atoms with Gasteiger partial charge in [0.25, 0.3) is 0 Å². The van der Waals surface area contributed by atoms with E-state index in [2.05, 4.69) is 21.7 Å². The maximum atomic E-state index is 11.2. The molecule has 2 aromatic heterocycles. The number of carbonyl (C=O) groups excluding carboxylic acids is 1. The third-order valence-electron chi connectivity index (χ3n) is 3.15. The smallest absolute Gasteiger partial charge is 0.248 e. The van der Waals surface area contributed by atoms with Crippen LogP contribution < -0.4 is 15.8 Å². The van der Waals surface area contributed by atoms with Crippen LogP contribution in [-0.4, -0.2) is 10.9 Å². The van der Waals surface area contributed by atoms with Crippen LogP contribution in [0.15, 0.2) is 59.4 Å². The van der Waals surface area contributed by atoms with E-state index in [9.17, 15) is 4.79 Å². The van der Waals surface area contributed by atoms with Crippen molar-refractivity contribution in [1.82, 2.24) is 4.98 Å². The molecule has 0 radical (unpaired) electrons. The summed E-state index contributed by atoms with van der Waals surface area (Å²) in [5.74, 6) is 0.483. The molecule has 0 aliphatic rings. The van der Waals surface area contributed by atoms with Gasteiger partial charge in [0.2, 0.25) is 11.8 Å². The normalized spacial score (nSPS) is 10.3. The molecule has 1 aromatic carbocycles. The molecule has 0 aliphatic carbocycles. The number of thiophene rings is 1. The van der Waals surface area contributed by atoms with Crippen molar-refractivity contribution >= 4 is 22.9 Å². The molecule has 0 saturated heterocycles. The van der Waals surface area contributed by atoms with Gasteiger partial charge in [0.1, 0.15) is 5.75 Å². The molecular weight excluding hydrogens is 310 g/mol. The van der Waals surface area contributed by atoms with Crippen molar-refractivity contribution < 1.29 is 9.53 Å². The number of hydrogen-bond acceptors (Lipinski definition) is 5. The minimum atomic E-state index is -0.489. The average molecular weight is 325 g/mol. The zero-order chi connectivity index (χ0) is 16.1. The lowest BCUT2D eigenvalue weighted by Crippen LogP contribution is -2.10. The second-order valence-electron chi connectivity index (χ2n) is 4.86. The Balaban J connectivity index is 1.63. The summed E-state index contributed by atoms with van der Waals surface area (Å²) in [5, 5.41) is 7.44. The third-order valence-corrected chi connectivity index (χ3v) is 3.89. The minimum absolute atomic E-state index is 0.400. The number of amides is 1. The van der Waals surface area contributed by atoms with Gasteiger partial charge in [-0.3, -0.25) is 4.79 Å². The van der Waals surface area contributed by atoms with E-state index in [1.54, 1.807) is 47.9 Å². The Morgan fingerprint density at radius 1 is 1.26 bits per heavy atom. The molecule has 0 atom stereocenters. The number of carbonyl (C=O) groups is 1. The van der Waals surface area contributed by atoms with Crippen LogP contribution in [0.5, 0.6) is 11.6 Å². The highest BCUT2D eigenvalue weighted by atomic mass is 32.1. The van der Waals surface area contributed by atoms with E-state index in [4.69, 9.17) is 10.5 Å². The summed E-state index contributed by atoms with van der Waals surface area (Å²) in [4.78, 5) is 15.4. The number of aromatic nitrogens is 1. The second kappa shape index (κ2) is 6.93. The van der Waals surface area contributed by atoms with Crippen molar-refractivity contribution in [2.75, 3.05) is 5.32 Å². The van der Waals surface area contributed by atoms with E-state index in [1.165, 1.54) is 5.56 Å². The topological polar surface area (TPSA) is 77.2 Å². The van der Waals surface area contributed by atoms with Gasteiger partial charge < -0.3 is 15.8 Å². The second-order valence-corrected chi connectivity index (χ2v) is 5.64. The van der Waals surface area contributed by atoms with Crippen molar-refractivity contribution in [3.05, 3.63) is 70.5 Å². The minimum Gasteiger partial charge on any atom is -0.439 e. The Bertz CT molecular complexity index is 786. The fourth-order valence-corrected chi connectivity index (χ4v) is 2.64. The Kier molecular flexibility index (Phi) is 4.54. The molecule has 116 valence electrons. The van der Waals surface area contributed by atoms with Crippen molar-refractivity contribution in [3.63, 3.8) is 0 Å². The van der Waals surface area contributed by atoms with Gasteiger partial charge in [-0.15, -0.1) is 0 Å². The molecule has 0 fully saturated rings. The molecule has 0 bridgehead atoms. The van der Waals surface area contributed by atoms with Gasteiger partial charge in [0, 0.05) is 18.2 Å². The maximum Gasteiger partial charge on any atom is 0.248 e. The lowest BCUT2D eigenvalue weighted by molar-refractivity contribution is 0.1000. The highest BCUT2D eigenvalue weighted by molar-refractivity contribution is 7.07. The number of pyridine rings is 1. The maximum absolute atomic E-state index is 11.2. The fourth-order valence-electron chi connectivity index (χ4n) is 1.98. The molecule has 0 saturated carbocycles. The number of nitrogens with two attached hydrogens (primary N) is 1. The van der Waals surface area contributed by atoms with Gasteiger partial charge in [-0.25, -0.2) is 4.98 Å². The Morgan fingerprint density at radius 3 is 2.87 bits per heavy atom. The summed E-state index contributed by atoms with van der Waals surface area (Å²) in [6.07, 6.45) is 1.71. The van der Waals surface area contributed by atoms with Crippen LogP contribution >= 0.6 is 11.3 Å². The largest absolute Gasteiger partial charge is 0.439 e. The molecule has 5 nitrogen and oxygen atoms in total. The number of hydrogen-bond donors (Lipinski definition) is 2. The van der Waals surface area contributed by atoms with E-state index < -0.39 is 5.91 Å². The zero-order valence-electron chi connectivity index (χ0n) is 12.2. The van der Waals surface area contributed by atoms with Gasteiger partial charge >= 0.3 is 0 Å². The van der Waals surface area contributed by atoms with Gasteiger partial charge in [-0.05, 0) is 46.7 Å². The van der Waals surface area contributed by atoms with Crippen LogP contribution in [-0.2, 0) is 6.54 Å². The number of ether oxygens (including phenoxy) is 1. The van der Waals surface area contributed by atoms with E-state index in [0.717, 1.165) is 12.2 Å². The monoisotopic (exact) mass is 325 g/mol. The molecule has 1 amide bonds. The van der Waals surface area contributed by atoms with Crippen molar-refractivity contribution in [1.29, 1.82) is 0 Å². The molecule has 0 aliphatic heterocycles. The highest BCUT2D eigenvalue weighted by Gasteiger charge is 2.04. The predicted molar refractivity (Wildman–Crippen MR) is 90.9 cm³/mol. The van der Waals surface area contributed by atoms with Crippen LogP contribution in [0.1, 0.15) is 15.9 Å². The standard InChI is InChI=1S/C17H15N3O2S/c18-17(21)13-2-1-3-15(8-13)22-16-5-4-14(10-20-16)19-9-12-6-7-23-11-12/h1-8,10-11,19H,9H2,(H2,18,21). The predicted octanol–water partition coefficient (Wildman–Crippen LogP) is 3.65. The number of rotatable bonds is 6. The number of nitrogens with one attached hydrogen (secondary N) is 1. The quantitative estimate of drug-likeness (QED) is 0.725. The molecule has 23 heavy (non-hydrogen) atoms. The van der Waals surface area contributed by atoms with E-state index in [1.807, 2.05) is 11.4 Å². The van der Waals surface area contributed by atoms with Crippen molar-refractivity contribution in [2.24, 2.45) is 5.73 Å². The van der Waals surface area contributed by atoms with E-state index >= 15 is 0 Å². The summed E-state index contributed by atoms with van der Waals surface area (Å²) < 4.78 is 5.63. The van der Waals surface area contributed by atoms with Crippen molar-refractivity contribution in [2.45, 2.75) is 6.54 Å². The molecule has 3 N–H and O–H groups in total. The number of primary amides is 1. The lowest BCUT2D eigenvalue weighted by Gasteiger charge is -2.08. The number of nitrogens with zero attached hydrogens (tertiary/aromatic N) is 1. The highest BCUT2D eigenvalue weighted by Crippen LogP contribution is 2.21. The summed E-state index contributed by atoms with van der Waals surface area (Å²) >= 11 is 1.67. The van der Waals surface area contributed by atoms with Gasteiger partial charge in [0.15, 0.2) is 0 Å². The summed E-state index contributed by atoms with van der Waals surface area (Å²) in [7, 11) is 0. The first-order chi connectivity index (χ1) is 11.2. The van der Waals surface area contributed by atoms with Crippen molar-refractivity contribution in [3.8, 4) is 11.6 Å². The third kappa shape index (κ3) is 4.08. The lowest BCUT2D eigenvalue weighted by atomic mass is 10.2. The Labute approximate surface area is 137 Å². The van der Waals surface area contributed by atoms with Gasteiger partial charge in [0.05, 0.1) is 11.9 Å². The molecule has 3 aromatic rings. The van der Waals surface area contributed by atoms with E-state index in [0.29, 0.717) is 17.2 Å². The Morgan fingerprint density at radius 2 is 2.17 bits per heavy atom. The average Bonchev–Trinajstić information content (AvgIpc) is 3.08. The number of anilines is 1. The molecule has 0 unspecified atom stereocenters. The summed E-state index contributed by atoms with van der Waals surface area (Å²) in [6.45, 7) is 0.756. The van der Waals surface area contributed by atoms with Crippen LogP contribution in [0.2, 0.25) is 0 Å². The van der Waals surface area contributed by atoms with Crippen LogP contribution in [0.4, 0.5) is 5.69 Å². The van der Waals surface area contributed by atoms with Gasteiger partial charge in [-0.2, -0.15) is 11.3 Å². The molecule has 3 rings (SSSR count). The summed E-state index contributed by atoms with van der Waals surface area (Å²) in [5.41, 5.74) is 7.80. The zero-order valence-corrected chi connectivity index (χ0v) is 13.0. The first-order valence-corrected chi connectivity index (χ1v) is 7.94. The Hall–Kier alpha value is -2.86. The molecular formula is C17H15N3O2S. The first-order valence-electron chi connectivity index (χ1n) is 6.99. The molecule has 0 spiro atoms. The number of benzene rings is 1. The van der Waals surface area contributed by atoms with E-state index in [-0.39, 0.29) is 0 Å². The molecule has 2 heterocycles. The van der Waals surface area contributed by atoms with Gasteiger partial charge in [-0.1, -0.05) is 6.07 Å². The van der Waals surface area contributed by atoms with Crippen LogP contribution in [0.25, 0.3) is 0 Å². The summed E-state index contributed by atoms with van der Waals surface area (Å²) in [6, 6.07) is 12.4. The fraction of sp³-hybridized carbons (Fsp3) is 0.0588.